The van der Waals surface area contributed by atoms with Gasteiger partial charge in [-0.1, -0.05) is 6.92 Å². The van der Waals surface area contributed by atoms with Crippen LogP contribution < -0.4 is 10.1 Å². The van der Waals surface area contributed by atoms with Crippen LogP contribution in [0.5, 0.6) is 5.75 Å². The summed E-state index contributed by atoms with van der Waals surface area (Å²) >= 11 is 0. The highest BCUT2D eigenvalue weighted by atomic mass is 16.5. The van der Waals surface area contributed by atoms with Crippen molar-refractivity contribution in [3.63, 3.8) is 0 Å². The van der Waals surface area contributed by atoms with Crippen molar-refractivity contribution in [3.8, 4) is 5.75 Å². The molecule has 5 nitrogen and oxygen atoms in total. The number of benzene rings is 1. The fraction of sp³-hybridized carbons (Fsp3) is 0.312. The van der Waals surface area contributed by atoms with Gasteiger partial charge in [-0.2, -0.15) is 0 Å². The molecular formula is C16H20N2O3. The van der Waals surface area contributed by atoms with Crippen LogP contribution in [0.15, 0.2) is 36.4 Å². The van der Waals surface area contributed by atoms with Crippen LogP contribution in [0.3, 0.4) is 0 Å². The maximum atomic E-state index is 11.3. The molecule has 2 N–H and O–H groups in total. The van der Waals surface area contributed by atoms with Crippen molar-refractivity contribution in [2.24, 2.45) is 0 Å². The summed E-state index contributed by atoms with van der Waals surface area (Å²) in [5.41, 5.74) is 2.37. The molecule has 0 aliphatic carbocycles. The number of carbonyl (C=O) groups excluding carboxylic acids is 1. The highest BCUT2D eigenvalue weighted by Gasteiger charge is 2.07. The maximum absolute atomic E-state index is 11.3. The first kappa shape index (κ1) is 15.0. The summed E-state index contributed by atoms with van der Waals surface area (Å²) in [7, 11) is 1.36. The van der Waals surface area contributed by atoms with E-state index in [9.17, 15) is 4.79 Å². The number of rotatable bonds is 7. The van der Waals surface area contributed by atoms with E-state index in [0.29, 0.717) is 12.2 Å². The number of hydrogen-bond acceptors (Lipinski definition) is 4. The average molecular weight is 288 g/mol. The van der Waals surface area contributed by atoms with E-state index >= 15 is 0 Å². The van der Waals surface area contributed by atoms with Crippen molar-refractivity contribution in [2.45, 2.75) is 19.9 Å². The smallest absolute Gasteiger partial charge is 0.354 e. The normalized spacial score (nSPS) is 10.2. The van der Waals surface area contributed by atoms with Gasteiger partial charge < -0.3 is 19.8 Å². The molecule has 1 heterocycles. The third-order valence-electron chi connectivity index (χ3n) is 2.96. The van der Waals surface area contributed by atoms with Gasteiger partial charge in [-0.15, -0.1) is 0 Å². The molecule has 0 spiro atoms. The summed E-state index contributed by atoms with van der Waals surface area (Å²) in [6.45, 7) is 3.41. The Morgan fingerprint density at radius 2 is 1.95 bits per heavy atom. The molecule has 5 heteroatoms. The Morgan fingerprint density at radius 3 is 2.62 bits per heavy atom. The van der Waals surface area contributed by atoms with Gasteiger partial charge in [-0.05, 0) is 42.8 Å². The van der Waals surface area contributed by atoms with E-state index in [2.05, 4.69) is 22.0 Å². The first-order valence-corrected chi connectivity index (χ1v) is 6.96. The number of esters is 1. The number of hydrogen-bond donors (Lipinski definition) is 2. The Hall–Kier alpha value is -2.43. The third kappa shape index (κ3) is 4.27. The number of methoxy groups -OCH3 is 1. The monoisotopic (exact) mass is 288 g/mol. The number of anilines is 1. The minimum atomic E-state index is -0.362. The van der Waals surface area contributed by atoms with Gasteiger partial charge in [-0.25, -0.2) is 4.79 Å². The van der Waals surface area contributed by atoms with Crippen LogP contribution in [-0.4, -0.2) is 24.7 Å². The highest BCUT2D eigenvalue weighted by Crippen LogP contribution is 2.16. The SMILES string of the molecule is CCCOc1ccc(NCc2ccc(C(=O)OC)[nH]2)cc1. The van der Waals surface area contributed by atoms with Crippen LogP contribution in [0.25, 0.3) is 0 Å². The summed E-state index contributed by atoms with van der Waals surface area (Å²) in [5.74, 6) is 0.508. The van der Waals surface area contributed by atoms with Gasteiger partial charge >= 0.3 is 5.97 Å². The van der Waals surface area contributed by atoms with Crippen LogP contribution in [0.2, 0.25) is 0 Å². The Balaban J connectivity index is 1.87. The fourth-order valence-electron chi connectivity index (χ4n) is 1.86. The second-order valence-electron chi connectivity index (χ2n) is 4.62. The van der Waals surface area contributed by atoms with Gasteiger partial charge in [0.2, 0.25) is 0 Å². The largest absolute Gasteiger partial charge is 0.494 e. The summed E-state index contributed by atoms with van der Waals surface area (Å²) in [5, 5.41) is 3.28. The number of nitrogens with one attached hydrogen (secondary N) is 2. The van der Waals surface area contributed by atoms with E-state index < -0.39 is 0 Å². The van der Waals surface area contributed by atoms with Gasteiger partial charge in [0.25, 0.3) is 0 Å². The second kappa shape index (κ2) is 7.38. The molecule has 0 unspecified atom stereocenters. The molecule has 2 aromatic rings. The molecule has 0 radical (unpaired) electrons. The molecule has 0 fully saturated rings. The summed E-state index contributed by atoms with van der Waals surface area (Å²) in [4.78, 5) is 14.3. The molecule has 2 rings (SSSR count). The number of ether oxygens (including phenoxy) is 2. The van der Waals surface area contributed by atoms with Crippen molar-refractivity contribution in [1.82, 2.24) is 4.98 Å². The summed E-state index contributed by atoms with van der Waals surface area (Å²) in [6.07, 6.45) is 0.995. The predicted molar refractivity (Wildman–Crippen MR) is 81.7 cm³/mol. The molecule has 0 aliphatic heterocycles. The van der Waals surface area contributed by atoms with Crippen LogP contribution in [-0.2, 0) is 11.3 Å². The fourth-order valence-corrected chi connectivity index (χ4v) is 1.86. The van der Waals surface area contributed by atoms with Crippen LogP contribution in [0, 0.1) is 0 Å². The molecule has 1 aromatic carbocycles. The lowest BCUT2D eigenvalue weighted by molar-refractivity contribution is 0.0594. The van der Waals surface area contributed by atoms with Crippen molar-refractivity contribution in [2.75, 3.05) is 19.0 Å². The number of carbonyl (C=O) groups is 1. The average Bonchev–Trinajstić information content (AvgIpc) is 3.00. The van der Waals surface area contributed by atoms with E-state index in [1.807, 2.05) is 30.3 Å². The van der Waals surface area contributed by atoms with Crippen LogP contribution in [0.1, 0.15) is 29.5 Å². The molecule has 112 valence electrons. The molecule has 1 aromatic heterocycles. The van der Waals surface area contributed by atoms with Gasteiger partial charge in [0, 0.05) is 11.4 Å². The number of H-pyrrole nitrogens is 1. The zero-order chi connectivity index (χ0) is 15.1. The zero-order valence-corrected chi connectivity index (χ0v) is 12.3. The van der Waals surface area contributed by atoms with Gasteiger partial charge in [-0.3, -0.25) is 0 Å². The summed E-state index contributed by atoms with van der Waals surface area (Å²) < 4.78 is 10.2. The quantitative estimate of drug-likeness (QED) is 0.768. The predicted octanol–water partition coefficient (Wildman–Crippen LogP) is 3.20. The van der Waals surface area contributed by atoms with Crippen molar-refractivity contribution >= 4 is 11.7 Å². The minimum absolute atomic E-state index is 0.362. The van der Waals surface area contributed by atoms with Crippen LogP contribution in [0.4, 0.5) is 5.69 Å². The van der Waals surface area contributed by atoms with Gasteiger partial charge in [0.1, 0.15) is 11.4 Å². The molecule has 0 amide bonds. The highest BCUT2D eigenvalue weighted by molar-refractivity contribution is 5.87. The standard InChI is InChI=1S/C16H20N2O3/c1-3-10-21-14-7-4-12(5-8-14)17-11-13-6-9-15(18-13)16(19)20-2/h4-9,17-18H,3,10-11H2,1-2H3. The van der Waals surface area contributed by atoms with E-state index in [1.54, 1.807) is 6.07 Å². The maximum Gasteiger partial charge on any atom is 0.354 e. The molecule has 0 atom stereocenters. The summed E-state index contributed by atoms with van der Waals surface area (Å²) in [6, 6.07) is 11.4. The lowest BCUT2D eigenvalue weighted by Crippen LogP contribution is -2.03. The third-order valence-corrected chi connectivity index (χ3v) is 2.96. The molecule has 0 saturated heterocycles. The van der Waals surface area contributed by atoms with E-state index in [1.165, 1.54) is 7.11 Å². The number of aromatic amines is 1. The lowest BCUT2D eigenvalue weighted by Gasteiger charge is -2.07. The van der Waals surface area contributed by atoms with Crippen molar-refractivity contribution in [1.29, 1.82) is 0 Å². The number of aromatic nitrogens is 1. The zero-order valence-electron chi connectivity index (χ0n) is 12.3. The Bertz CT molecular complexity index is 575. The van der Waals surface area contributed by atoms with Gasteiger partial charge in [0.05, 0.1) is 20.3 Å². The minimum Gasteiger partial charge on any atom is -0.494 e. The molecule has 0 saturated carbocycles. The Labute approximate surface area is 124 Å². The Kier molecular flexibility index (Phi) is 5.26. The van der Waals surface area contributed by atoms with E-state index in [0.717, 1.165) is 30.2 Å². The van der Waals surface area contributed by atoms with E-state index in [-0.39, 0.29) is 5.97 Å². The van der Waals surface area contributed by atoms with Crippen molar-refractivity contribution < 1.29 is 14.3 Å². The van der Waals surface area contributed by atoms with E-state index in [4.69, 9.17) is 4.74 Å². The van der Waals surface area contributed by atoms with Crippen molar-refractivity contribution in [3.05, 3.63) is 47.8 Å². The first-order valence-electron chi connectivity index (χ1n) is 6.96. The topological polar surface area (TPSA) is 63.4 Å². The molecule has 0 aliphatic rings. The second-order valence-corrected chi connectivity index (χ2v) is 4.62. The van der Waals surface area contributed by atoms with Crippen LogP contribution >= 0.6 is 0 Å². The molecule has 0 bridgehead atoms. The first-order chi connectivity index (χ1) is 10.2. The van der Waals surface area contributed by atoms with Gasteiger partial charge in [0.15, 0.2) is 0 Å². The Morgan fingerprint density at radius 1 is 1.19 bits per heavy atom. The lowest BCUT2D eigenvalue weighted by atomic mass is 10.3. The molecule has 21 heavy (non-hydrogen) atoms. The molecular weight excluding hydrogens is 268 g/mol.